The molecule has 1 saturated heterocycles. The van der Waals surface area contributed by atoms with E-state index in [9.17, 15) is 0 Å². The van der Waals surface area contributed by atoms with Crippen LogP contribution in [0.1, 0.15) is 35.3 Å². The molecule has 0 unspecified atom stereocenters. The van der Waals surface area contributed by atoms with E-state index < -0.39 is 0 Å². The Bertz CT molecular complexity index is 598. The summed E-state index contributed by atoms with van der Waals surface area (Å²) < 4.78 is 0. The molecule has 0 spiro atoms. The van der Waals surface area contributed by atoms with E-state index in [-0.39, 0.29) is 0 Å². The number of aromatic nitrogens is 3. The van der Waals surface area contributed by atoms with E-state index in [1.54, 1.807) is 22.7 Å². The molecule has 0 atom stereocenters. The van der Waals surface area contributed by atoms with Gasteiger partial charge in [0.15, 0.2) is 5.13 Å². The third-order valence-corrected chi connectivity index (χ3v) is 5.69. The zero-order chi connectivity index (χ0) is 14.8. The Morgan fingerprint density at radius 3 is 2.57 bits per heavy atom. The number of rotatable bonds is 4. The van der Waals surface area contributed by atoms with Crippen molar-refractivity contribution >= 4 is 32.9 Å². The maximum Gasteiger partial charge on any atom is 0.211 e. The maximum atomic E-state index is 4.62. The van der Waals surface area contributed by atoms with E-state index in [1.165, 1.54) is 30.8 Å². The van der Waals surface area contributed by atoms with Gasteiger partial charge in [-0.2, -0.15) is 0 Å². The molecule has 0 saturated carbocycles. The third-order valence-electron chi connectivity index (χ3n) is 3.88. The molecule has 2 aromatic rings. The Hall–Kier alpha value is -1.05. The Kier molecular flexibility index (Phi) is 4.51. The fourth-order valence-corrected chi connectivity index (χ4v) is 4.15. The fraction of sp³-hybridized carbons (Fsp3) is 0.643. The van der Waals surface area contributed by atoms with Gasteiger partial charge in [0.2, 0.25) is 5.13 Å². The van der Waals surface area contributed by atoms with Crippen LogP contribution in [0.4, 0.5) is 10.3 Å². The summed E-state index contributed by atoms with van der Waals surface area (Å²) in [5, 5.41) is 14.1. The van der Waals surface area contributed by atoms with E-state index in [4.69, 9.17) is 0 Å². The molecule has 3 heterocycles. The zero-order valence-electron chi connectivity index (χ0n) is 12.7. The van der Waals surface area contributed by atoms with Crippen molar-refractivity contribution in [3.8, 4) is 0 Å². The molecule has 2 aromatic heterocycles. The van der Waals surface area contributed by atoms with Crippen molar-refractivity contribution in [2.75, 3.05) is 18.4 Å². The topological polar surface area (TPSA) is 53.9 Å². The molecule has 7 heteroatoms. The van der Waals surface area contributed by atoms with Crippen molar-refractivity contribution in [1.82, 2.24) is 20.1 Å². The second kappa shape index (κ2) is 6.37. The van der Waals surface area contributed by atoms with Gasteiger partial charge in [0, 0.05) is 11.4 Å². The molecule has 0 amide bonds. The van der Waals surface area contributed by atoms with Crippen molar-refractivity contribution in [2.45, 2.75) is 40.2 Å². The van der Waals surface area contributed by atoms with Crippen LogP contribution in [0, 0.1) is 19.8 Å². The van der Waals surface area contributed by atoms with Crippen LogP contribution in [-0.4, -0.2) is 33.2 Å². The minimum Gasteiger partial charge on any atom is -0.306 e. The molecular formula is C14H21N5S2. The van der Waals surface area contributed by atoms with E-state index >= 15 is 0 Å². The molecule has 1 fully saturated rings. The van der Waals surface area contributed by atoms with E-state index in [0.29, 0.717) is 0 Å². The number of nitrogens with one attached hydrogen (secondary N) is 1. The van der Waals surface area contributed by atoms with Crippen molar-refractivity contribution < 1.29 is 0 Å². The van der Waals surface area contributed by atoms with Crippen molar-refractivity contribution in [3.05, 3.63) is 15.6 Å². The largest absolute Gasteiger partial charge is 0.306 e. The van der Waals surface area contributed by atoms with Gasteiger partial charge in [0.1, 0.15) is 5.01 Å². The summed E-state index contributed by atoms with van der Waals surface area (Å²) in [6.45, 7) is 9.83. The SMILES string of the molecule is Cc1nnc(Nc2nc(C)c(CN3CCC(C)CC3)s2)s1. The van der Waals surface area contributed by atoms with Crippen LogP contribution < -0.4 is 5.32 Å². The lowest BCUT2D eigenvalue weighted by molar-refractivity contribution is 0.186. The first-order chi connectivity index (χ1) is 10.1. The Labute approximate surface area is 133 Å². The zero-order valence-corrected chi connectivity index (χ0v) is 14.4. The van der Waals surface area contributed by atoms with Gasteiger partial charge in [0.05, 0.1) is 5.69 Å². The second-order valence-corrected chi connectivity index (χ2v) is 8.00. The second-order valence-electron chi connectivity index (χ2n) is 5.74. The summed E-state index contributed by atoms with van der Waals surface area (Å²) in [5.74, 6) is 0.877. The summed E-state index contributed by atoms with van der Waals surface area (Å²) >= 11 is 3.29. The van der Waals surface area contributed by atoms with Crippen molar-refractivity contribution in [1.29, 1.82) is 0 Å². The summed E-state index contributed by atoms with van der Waals surface area (Å²) in [6, 6.07) is 0. The molecule has 5 nitrogen and oxygen atoms in total. The van der Waals surface area contributed by atoms with Crippen molar-refractivity contribution in [2.24, 2.45) is 5.92 Å². The lowest BCUT2D eigenvalue weighted by Crippen LogP contribution is -2.32. The summed E-state index contributed by atoms with van der Waals surface area (Å²) in [4.78, 5) is 8.51. The quantitative estimate of drug-likeness (QED) is 0.932. The normalized spacial score (nSPS) is 17.3. The molecule has 3 rings (SSSR count). The summed E-state index contributed by atoms with van der Waals surface area (Å²) in [7, 11) is 0. The fourth-order valence-electron chi connectivity index (χ4n) is 2.49. The van der Waals surface area contributed by atoms with E-state index in [1.807, 2.05) is 6.92 Å². The molecular weight excluding hydrogens is 302 g/mol. The molecule has 0 aliphatic carbocycles. The smallest absolute Gasteiger partial charge is 0.211 e. The van der Waals surface area contributed by atoms with Crippen LogP contribution >= 0.6 is 22.7 Å². The first kappa shape index (κ1) is 14.9. The molecule has 1 aliphatic rings. The number of piperidine rings is 1. The van der Waals surface area contributed by atoms with Crippen LogP contribution in [0.15, 0.2) is 0 Å². The van der Waals surface area contributed by atoms with Crippen LogP contribution in [0.3, 0.4) is 0 Å². The minimum atomic E-state index is 0.819. The van der Waals surface area contributed by atoms with Gasteiger partial charge in [0.25, 0.3) is 0 Å². The third kappa shape index (κ3) is 3.78. The monoisotopic (exact) mass is 323 g/mol. The lowest BCUT2D eigenvalue weighted by atomic mass is 9.99. The number of likely N-dealkylation sites (tertiary alicyclic amines) is 1. The number of hydrogen-bond acceptors (Lipinski definition) is 7. The standard InChI is InChI=1S/C14H21N5S2/c1-9-4-6-19(7-5-9)8-12-10(2)15-13(21-12)16-14-18-17-11(3)20-14/h9H,4-8H2,1-3H3,(H,15,16,18). The van der Waals surface area contributed by atoms with Gasteiger partial charge >= 0.3 is 0 Å². The molecule has 114 valence electrons. The van der Waals surface area contributed by atoms with Crippen LogP contribution in [0.5, 0.6) is 0 Å². The lowest BCUT2D eigenvalue weighted by Gasteiger charge is -2.29. The predicted molar refractivity (Wildman–Crippen MR) is 88.5 cm³/mol. The predicted octanol–water partition coefficient (Wildman–Crippen LogP) is 3.59. The molecule has 0 aromatic carbocycles. The van der Waals surface area contributed by atoms with Gasteiger partial charge in [-0.15, -0.1) is 21.5 Å². The highest BCUT2D eigenvalue weighted by atomic mass is 32.1. The summed E-state index contributed by atoms with van der Waals surface area (Å²) in [5.41, 5.74) is 1.13. The van der Waals surface area contributed by atoms with Gasteiger partial charge in [-0.05, 0) is 45.7 Å². The average Bonchev–Trinajstić information content (AvgIpc) is 2.99. The molecule has 1 aliphatic heterocycles. The number of hydrogen-bond donors (Lipinski definition) is 1. The van der Waals surface area contributed by atoms with Crippen LogP contribution in [0.2, 0.25) is 0 Å². The molecule has 21 heavy (non-hydrogen) atoms. The first-order valence-electron chi connectivity index (χ1n) is 7.36. The Balaban J connectivity index is 1.64. The van der Waals surface area contributed by atoms with Crippen LogP contribution in [0.25, 0.3) is 0 Å². The molecule has 0 bridgehead atoms. The molecule has 0 radical (unpaired) electrons. The highest BCUT2D eigenvalue weighted by molar-refractivity contribution is 7.17. The van der Waals surface area contributed by atoms with E-state index in [2.05, 4.69) is 39.2 Å². The summed E-state index contributed by atoms with van der Waals surface area (Å²) in [6.07, 6.45) is 2.63. The maximum absolute atomic E-state index is 4.62. The minimum absolute atomic E-state index is 0.819. The average molecular weight is 323 g/mol. The Morgan fingerprint density at radius 2 is 1.90 bits per heavy atom. The number of aryl methyl sites for hydroxylation is 2. The highest BCUT2D eigenvalue weighted by Gasteiger charge is 2.18. The Morgan fingerprint density at radius 1 is 1.14 bits per heavy atom. The van der Waals surface area contributed by atoms with Crippen molar-refractivity contribution in [3.63, 3.8) is 0 Å². The number of nitrogens with zero attached hydrogens (tertiary/aromatic N) is 4. The van der Waals surface area contributed by atoms with Gasteiger partial charge < -0.3 is 5.32 Å². The first-order valence-corrected chi connectivity index (χ1v) is 8.99. The van der Waals surface area contributed by atoms with Gasteiger partial charge in [-0.3, -0.25) is 4.90 Å². The van der Waals surface area contributed by atoms with Gasteiger partial charge in [-0.1, -0.05) is 18.3 Å². The van der Waals surface area contributed by atoms with Crippen LogP contribution in [-0.2, 0) is 6.54 Å². The number of anilines is 2. The number of thiazole rings is 1. The van der Waals surface area contributed by atoms with E-state index in [0.717, 1.165) is 33.4 Å². The molecule has 1 N–H and O–H groups in total. The van der Waals surface area contributed by atoms with Gasteiger partial charge in [-0.25, -0.2) is 4.98 Å². The highest BCUT2D eigenvalue weighted by Crippen LogP contribution is 2.29.